The summed E-state index contributed by atoms with van der Waals surface area (Å²) in [4.78, 5) is 22.9. The highest BCUT2D eigenvalue weighted by molar-refractivity contribution is 5.94. The molecular formula is C22H24O8. The smallest absolute Gasteiger partial charge is 0.337 e. The van der Waals surface area contributed by atoms with E-state index in [1.165, 1.54) is 32.1 Å². The molecule has 0 aromatic carbocycles. The van der Waals surface area contributed by atoms with Crippen molar-refractivity contribution >= 4 is 11.8 Å². The highest BCUT2D eigenvalue weighted by Crippen LogP contribution is 2.51. The molecular weight excluding hydrogens is 392 g/mol. The number of ether oxygens (including phenoxy) is 5. The Morgan fingerprint density at radius 2 is 1.87 bits per heavy atom. The first kappa shape index (κ1) is 19.5. The van der Waals surface area contributed by atoms with Crippen LogP contribution in [0.25, 0.3) is 0 Å². The molecule has 8 nitrogen and oxygen atoms in total. The molecule has 30 heavy (non-hydrogen) atoms. The number of allylic oxidation sites excluding steroid dienone is 3. The largest absolute Gasteiger partial charge is 0.471 e. The monoisotopic (exact) mass is 416 g/mol. The normalized spacial score (nSPS) is 39.1. The predicted octanol–water partition coefficient (Wildman–Crippen LogP) is 1.72. The lowest BCUT2D eigenvalue weighted by Gasteiger charge is -2.35. The van der Waals surface area contributed by atoms with Crippen LogP contribution >= 0.6 is 0 Å². The summed E-state index contributed by atoms with van der Waals surface area (Å²) in [5.74, 6) is -1.58. The molecule has 0 unspecified atom stereocenters. The number of methoxy groups -OCH3 is 1. The van der Waals surface area contributed by atoms with Gasteiger partial charge < -0.3 is 28.8 Å². The molecule has 0 bridgehead atoms. The van der Waals surface area contributed by atoms with Gasteiger partial charge in [0, 0.05) is 17.4 Å². The van der Waals surface area contributed by atoms with Crippen molar-refractivity contribution in [2.45, 2.75) is 32.0 Å². The third-order valence-electron chi connectivity index (χ3n) is 6.79. The van der Waals surface area contributed by atoms with Gasteiger partial charge in [-0.15, -0.1) is 0 Å². The van der Waals surface area contributed by atoms with Crippen LogP contribution in [0.4, 0.5) is 0 Å². The maximum atomic E-state index is 11.5. The number of hydrogen-bond donors (Lipinski definition) is 1. The van der Waals surface area contributed by atoms with Gasteiger partial charge in [0.1, 0.15) is 0 Å². The molecule has 2 fully saturated rings. The zero-order valence-corrected chi connectivity index (χ0v) is 16.8. The van der Waals surface area contributed by atoms with Gasteiger partial charge in [0.2, 0.25) is 6.29 Å². The molecule has 1 N–H and O–H groups in total. The highest BCUT2D eigenvalue weighted by Gasteiger charge is 2.57. The van der Waals surface area contributed by atoms with Crippen LogP contribution in [0.5, 0.6) is 0 Å². The van der Waals surface area contributed by atoms with E-state index in [9.17, 15) is 14.7 Å². The van der Waals surface area contributed by atoms with E-state index in [1.807, 2.05) is 6.08 Å². The summed E-state index contributed by atoms with van der Waals surface area (Å²) in [5, 5.41) is 10.1. The minimum absolute atomic E-state index is 0.00333. The molecule has 0 aromatic rings. The third-order valence-corrected chi connectivity index (χ3v) is 6.79. The van der Waals surface area contributed by atoms with Gasteiger partial charge >= 0.3 is 11.9 Å². The Morgan fingerprint density at radius 1 is 1.10 bits per heavy atom. The molecule has 6 aliphatic rings. The average molecular weight is 416 g/mol. The second-order valence-electron chi connectivity index (χ2n) is 8.29. The number of aliphatic hydroxyl groups is 1. The van der Waals surface area contributed by atoms with Crippen LogP contribution in [0.1, 0.15) is 19.8 Å². The molecule has 0 amide bonds. The Labute approximate surface area is 173 Å². The fourth-order valence-corrected chi connectivity index (χ4v) is 5.32. The maximum absolute atomic E-state index is 11.5. The van der Waals surface area contributed by atoms with E-state index < -0.39 is 5.97 Å². The minimum Gasteiger partial charge on any atom is -0.471 e. The Bertz CT molecular complexity index is 912. The predicted molar refractivity (Wildman–Crippen MR) is 101 cm³/mol. The number of carbonyl (C=O) groups excluding carboxylic acids is 2. The first-order chi connectivity index (χ1) is 14.4. The quantitative estimate of drug-likeness (QED) is 0.537. The van der Waals surface area contributed by atoms with Gasteiger partial charge in [0.25, 0.3) is 0 Å². The van der Waals surface area contributed by atoms with E-state index in [4.69, 9.17) is 23.7 Å². The lowest BCUT2D eigenvalue weighted by molar-refractivity contribution is -0.345. The van der Waals surface area contributed by atoms with Crippen LogP contribution in [0, 0.1) is 23.7 Å². The summed E-state index contributed by atoms with van der Waals surface area (Å²) in [6.45, 7) is 2.55. The molecule has 0 aromatic heterocycles. The first-order valence-electron chi connectivity index (χ1n) is 10.1. The zero-order valence-electron chi connectivity index (χ0n) is 16.8. The number of ketones is 1. The molecule has 2 saturated heterocycles. The average Bonchev–Trinajstić information content (AvgIpc) is 3.50. The Morgan fingerprint density at radius 3 is 2.63 bits per heavy atom. The van der Waals surface area contributed by atoms with E-state index in [2.05, 4.69) is 6.08 Å². The molecule has 0 spiro atoms. The summed E-state index contributed by atoms with van der Waals surface area (Å²) in [5.41, 5.74) is 3.60. The fourth-order valence-electron chi connectivity index (χ4n) is 5.32. The fraction of sp³-hybridized carbons (Fsp3) is 0.545. The van der Waals surface area contributed by atoms with E-state index >= 15 is 0 Å². The van der Waals surface area contributed by atoms with Crippen LogP contribution in [0.3, 0.4) is 0 Å². The topological polar surface area (TPSA) is 101 Å². The van der Waals surface area contributed by atoms with E-state index in [1.54, 1.807) is 0 Å². The van der Waals surface area contributed by atoms with Gasteiger partial charge in [0.15, 0.2) is 5.78 Å². The van der Waals surface area contributed by atoms with Crippen LogP contribution in [-0.2, 0) is 33.3 Å². The second-order valence-corrected chi connectivity index (χ2v) is 8.29. The van der Waals surface area contributed by atoms with Crippen molar-refractivity contribution in [2.24, 2.45) is 23.7 Å². The van der Waals surface area contributed by atoms with Gasteiger partial charge in [-0.3, -0.25) is 4.79 Å². The van der Waals surface area contributed by atoms with Crippen LogP contribution in [0.2, 0.25) is 0 Å². The molecule has 0 radical (unpaired) electrons. The van der Waals surface area contributed by atoms with Gasteiger partial charge in [0.05, 0.1) is 50.3 Å². The number of Topliss-reactive ketones (excluding diaryl/α,β-unsaturated/α-hetero) is 1. The van der Waals surface area contributed by atoms with Gasteiger partial charge in [-0.05, 0) is 30.9 Å². The van der Waals surface area contributed by atoms with E-state index in [0.717, 1.165) is 18.4 Å². The van der Waals surface area contributed by atoms with Crippen LogP contribution < -0.4 is 0 Å². The lowest BCUT2D eigenvalue weighted by atomic mass is 9.82. The minimum atomic E-state index is -1.54. The summed E-state index contributed by atoms with van der Waals surface area (Å²) in [6.07, 6.45) is 8.53. The Hall–Kier alpha value is -2.42. The first-order valence-corrected chi connectivity index (χ1v) is 10.1. The number of esters is 1. The molecule has 2 aliphatic carbocycles. The standard InChI is InChI=1S/2C11H12O4/c1-13-10(12)8-5-15-11-9-6(4-14-11)2-3-7(8)9;1-6(12)9-5-15-11(13)10-7(4-14-11)2-3-8(9)10/h2,5,7,9,11H,3-4H2,1H3;2,5,8,10,13H,3-4H2,1H3/t7-,9-,11-;8-,10-,11-/m11/s1. The third kappa shape index (κ3) is 2.85. The summed E-state index contributed by atoms with van der Waals surface area (Å²) in [6, 6.07) is 0. The van der Waals surface area contributed by atoms with Gasteiger partial charge in [-0.2, -0.15) is 0 Å². The molecule has 4 aliphatic heterocycles. The lowest BCUT2D eigenvalue weighted by Crippen LogP contribution is -2.44. The maximum Gasteiger partial charge on any atom is 0.337 e. The summed E-state index contributed by atoms with van der Waals surface area (Å²) < 4.78 is 26.0. The molecule has 0 saturated carbocycles. The van der Waals surface area contributed by atoms with Crippen molar-refractivity contribution in [1.29, 1.82) is 0 Å². The molecule has 160 valence electrons. The van der Waals surface area contributed by atoms with Crippen LogP contribution in [-0.4, -0.2) is 49.4 Å². The molecule has 6 rings (SSSR count). The van der Waals surface area contributed by atoms with Gasteiger partial charge in [-0.25, -0.2) is 4.79 Å². The zero-order chi connectivity index (χ0) is 21.0. The Kier molecular flexibility index (Phi) is 4.61. The molecule has 8 heteroatoms. The van der Waals surface area contributed by atoms with E-state index in [-0.39, 0.29) is 41.7 Å². The Balaban J connectivity index is 0.000000128. The van der Waals surface area contributed by atoms with Crippen LogP contribution in [0.15, 0.2) is 47.0 Å². The van der Waals surface area contributed by atoms with Gasteiger partial charge in [-0.1, -0.05) is 12.2 Å². The molecule has 4 heterocycles. The van der Waals surface area contributed by atoms with Crippen molar-refractivity contribution in [3.8, 4) is 0 Å². The van der Waals surface area contributed by atoms with Crippen molar-refractivity contribution < 1.29 is 38.4 Å². The SMILES string of the molecule is CC(=O)C1=CO[C@]2(O)OCC3=CC[C@H]1[C@@H]32.COC(=O)C1=CO[C@H]2OCC3=CC[C@H]1[C@@H]32. The van der Waals surface area contributed by atoms with Crippen molar-refractivity contribution in [2.75, 3.05) is 20.3 Å². The number of rotatable bonds is 2. The summed E-state index contributed by atoms with van der Waals surface area (Å²) >= 11 is 0. The number of hydrogen-bond acceptors (Lipinski definition) is 8. The second kappa shape index (κ2) is 7.08. The summed E-state index contributed by atoms with van der Waals surface area (Å²) in [7, 11) is 1.39. The van der Waals surface area contributed by atoms with E-state index in [0.29, 0.717) is 24.4 Å². The van der Waals surface area contributed by atoms with Crippen molar-refractivity contribution in [3.05, 3.63) is 47.0 Å². The number of carbonyl (C=O) groups is 2. The highest BCUT2D eigenvalue weighted by atomic mass is 16.8. The molecule has 6 atom stereocenters. The van der Waals surface area contributed by atoms with Crippen molar-refractivity contribution in [3.63, 3.8) is 0 Å². The van der Waals surface area contributed by atoms with Crippen molar-refractivity contribution in [1.82, 2.24) is 0 Å².